The van der Waals surface area contributed by atoms with Crippen LogP contribution in [-0.2, 0) is 9.30 Å². The number of nitrogens with one attached hydrogen (secondary N) is 1. The molecule has 0 aliphatic carbocycles. The van der Waals surface area contributed by atoms with E-state index in [1.807, 2.05) is 26.0 Å². The lowest BCUT2D eigenvalue weighted by Gasteiger charge is -2.23. The second-order valence-electron chi connectivity index (χ2n) is 4.37. The van der Waals surface area contributed by atoms with E-state index < -0.39 is 14.0 Å². The molecule has 0 radical (unpaired) electrons. The molecule has 0 spiro atoms. The van der Waals surface area contributed by atoms with E-state index in [2.05, 4.69) is 5.32 Å². The first kappa shape index (κ1) is 15.6. The van der Waals surface area contributed by atoms with Gasteiger partial charge in [0.1, 0.15) is 0 Å². The maximum atomic E-state index is 11.9. The third-order valence-electron chi connectivity index (χ3n) is 2.35. The summed E-state index contributed by atoms with van der Waals surface area (Å²) in [6, 6.07) is 7.49. The molecule has 5 nitrogen and oxygen atoms in total. The molecule has 106 valence electrons. The molecule has 1 atom stereocenters. The predicted octanol–water partition coefficient (Wildman–Crippen LogP) is 3.57. The number of carbonyl (C=O) groups is 1. The fraction of sp³-hybridized carbons (Fsp3) is 0.462. The van der Waals surface area contributed by atoms with Gasteiger partial charge in [-0.2, -0.15) is 0 Å². The van der Waals surface area contributed by atoms with E-state index in [9.17, 15) is 9.36 Å². The Kier molecular flexibility index (Phi) is 5.90. The van der Waals surface area contributed by atoms with Crippen molar-refractivity contribution in [2.45, 2.75) is 26.8 Å². The third-order valence-corrected chi connectivity index (χ3v) is 3.41. The molecular weight excluding hydrogens is 263 g/mol. The maximum absolute atomic E-state index is 11.9. The highest BCUT2D eigenvalue weighted by atomic mass is 31.1. The van der Waals surface area contributed by atoms with Crippen LogP contribution in [-0.4, -0.2) is 25.4 Å². The van der Waals surface area contributed by atoms with Crippen molar-refractivity contribution in [1.82, 2.24) is 0 Å². The monoisotopic (exact) mass is 284 g/mol. The fourth-order valence-electron chi connectivity index (χ4n) is 1.69. The van der Waals surface area contributed by atoms with E-state index in [0.717, 1.165) is 5.69 Å². The number of hydrogen-bond donors (Lipinski definition) is 1. The molecule has 1 aromatic carbocycles. The number of para-hydroxylation sites is 2. The van der Waals surface area contributed by atoms with Crippen molar-refractivity contribution >= 4 is 25.4 Å². The minimum Gasteiger partial charge on any atom is -0.449 e. The molecule has 1 rings (SSSR count). The third kappa shape index (κ3) is 4.28. The van der Waals surface area contributed by atoms with Crippen LogP contribution in [0.2, 0.25) is 0 Å². The Labute approximate surface area is 114 Å². The smallest absolute Gasteiger partial charge is 0.419 e. The highest BCUT2D eigenvalue weighted by Gasteiger charge is 2.22. The van der Waals surface area contributed by atoms with Crippen molar-refractivity contribution in [2.24, 2.45) is 0 Å². The number of hydrogen-bond acceptors (Lipinski definition) is 4. The van der Waals surface area contributed by atoms with Gasteiger partial charge in [0.25, 0.3) is 0 Å². The molecule has 6 heteroatoms. The molecule has 1 N–H and O–H groups in total. The molecule has 0 bridgehead atoms. The van der Waals surface area contributed by atoms with Gasteiger partial charge < -0.3 is 14.6 Å². The van der Waals surface area contributed by atoms with Gasteiger partial charge in [0.05, 0.1) is 18.0 Å². The van der Waals surface area contributed by atoms with Crippen molar-refractivity contribution in [3.8, 4) is 0 Å². The number of ether oxygens (including phenoxy) is 1. The van der Waals surface area contributed by atoms with E-state index in [1.165, 1.54) is 11.3 Å². The molecule has 0 saturated carbocycles. The Morgan fingerprint density at radius 2 is 2.05 bits per heavy atom. The standard InChI is InChI=1S/C13H21N2O3P/c1-5-18-13(16)15(19(4)17)12-9-7-6-8-11(12)14-10(2)3/h6-10,14,19H,5H2,1-4H3. The van der Waals surface area contributed by atoms with Gasteiger partial charge >= 0.3 is 6.09 Å². The molecule has 1 aromatic rings. The molecule has 1 amide bonds. The lowest BCUT2D eigenvalue weighted by molar-refractivity contribution is 0.164. The van der Waals surface area contributed by atoms with Gasteiger partial charge in [-0.05, 0) is 32.9 Å². The summed E-state index contributed by atoms with van der Waals surface area (Å²) in [4.78, 5) is 11.9. The highest BCUT2D eigenvalue weighted by Crippen LogP contribution is 2.36. The Balaban J connectivity index is 3.15. The Hall–Kier alpha value is -1.48. The van der Waals surface area contributed by atoms with Gasteiger partial charge in [-0.1, -0.05) is 12.1 Å². The predicted molar refractivity (Wildman–Crippen MR) is 79.6 cm³/mol. The van der Waals surface area contributed by atoms with Crippen LogP contribution >= 0.6 is 7.95 Å². The molecule has 0 saturated heterocycles. The van der Waals surface area contributed by atoms with E-state index in [1.54, 1.807) is 19.1 Å². The molecule has 0 aliphatic heterocycles. The number of nitrogens with zero attached hydrogens (tertiary/aromatic N) is 1. The van der Waals surface area contributed by atoms with Crippen molar-refractivity contribution in [3.63, 3.8) is 0 Å². The van der Waals surface area contributed by atoms with Crippen LogP contribution in [0.15, 0.2) is 24.3 Å². The van der Waals surface area contributed by atoms with E-state index >= 15 is 0 Å². The van der Waals surface area contributed by atoms with Crippen LogP contribution in [0.1, 0.15) is 20.8 Å². The average Bonchev–Trinajstić information content (AvgIpc) is 2.30. The highest BCUT2D eigenvalue weighted by molar-refractivity contribution is 7.47. The zero-order chi connectivity index (χ0) is 14.4. The molecule has 0 heterocycles. The second kappa shape index (κ2) is 7.19. The van der Waals surface area contributed by atoms with Crippen molar-refractivity contribution < 1.29 is 14.1 Å². The van der Waals surface area contributed by atoms with Crippen LogP contribution in [0.5, 0.6) is 0 Å². The molecule has 0 fully saturated rings. The maximum Gasteiger partial charge on any atom is 0.419 e. The zero-order valence-electron chi connectivity index (χ0n) is 11.8. The SMILES string of the molecule is CCOC(=O)N(c1ccccc1NC(C)C)[PH](C)=O. The first-order valence-corrected chi connectivity index (χ1v) is 8.16. The lowest BCUT2D eigenvalue weighted by atomic mass is 10.2. The topological polar surface area (TPSA) is 58.6 Å². The van der Waals surface area contributed by atoms with Crippen LogP contribution < -0.4 is 9.99 Å². The summed E-state index contributed by atoms with van der Waals surface area (Å²) >= 11 is 0. The van der Waals surface area contributed by atoms with Gasteiger partial charge in [-0.15, -0.1) is 0 Å². The van der Waals surface area contributed by atoms with Crippen LogP contribution in [0.25, 0.3) is 0 Å². The first-order valence-electron chi connectivity index (χ1n) is 6.30. The Bertz CT molecular complexity index is 463. The summed E-state index contributed by atoms with van der Waals surface area (Å²) in [5, 5.41) is 3.23. The Morgan fingerprint density at radius 3 is 2.58 bits per heavy atom. The van der Waals surface area contributed by atoms with Gasteiger partial charge in [0.2, 0.25) is 0 Å². The second-order valence-corrected chi connectivity index (χ2v) is 5.85. The summed E-state index contributed by atoms with van der Waals surface area (Å²) in [5.41, 5.74) is 1.35. The minimum absolute atomic E-state index is 0.212. The molecule has 0 aliphatic rings. The first-order chi connectivity index (χ1) is 8.97. The number of amides is 1. The largest absolute Gasteiger partial charge is 0.449 e. The van der Waals surface area contributed by atoms with Crippen molar-refractivity contribution in [2.75, 3.05) is 23.3 Å². The molecule has 1 unspecified atom stereocenters. The summed E-state index contributed by atoms with van der Waals surface area (Å²) in [6.07, 6.45) is -0.577. The fourth-order valence-corrected chi connectivity index (χ4v) is 2.54. The quantitative estimate of drug-likeness (QED) is 0.840. The van der Waals surface area contributed by atoms with Crippen LogP contribution in [0.4, 0.5) is 16.2 Å². The van der Waals surface area contributed by atoms with Gasteiger partial charge in [-0.3, -0.25) is 0 Å². The molecule has 0 aromatic heterocycles. The van der Waals surface area contributed by atoms with Gasteiger partial charge in [0, 0.05) is 12.7 Å². The van der Waals surface area contributed by atoms with E-state index in [0.29, 0.717) is 5.69 Å². The normalized spacial score (nSPS) is 12.1. The minimum atomic E-state index is -2.23. The van der Waals surface area contributed by atoms with Gasteiger partial charge in [-0.25, -0.2) is 9.46 Å². The lowest BCUT2D eigenvalue weighted by Crippen LogP contribution is -2.26. The number of rotatable bonds is 5. The van der Waals surface area contributed by atoms with Gasteiger partial charge in [0.15, 0.2) is 7.95 Å². The van der Waals surface area contributed by atoms with Crippen LogP contribution in [0.3, 0.4) is 0 Å². The van der Waals surface area contributed by atoms with Crippen molar-refractivity contribution in [1.29, 1.82) is 0 Å². The summed E-state index contributed by atoms with van der Waals surface area (Å²) in [7, 11) is -2.23. The van der Waals surface area contributed by atoms with E-state index in [4.69, 9.17) is 4.74 Å². The van der Waals surface area contributed by atoms with E-state index in [-0.39, 0.29) is 12.6 Å². The summed E-state index contributed by atoms with van der Waals surface area (Å²) in [5.74, 6) is 0. The van der Waals surface area contributed by atoms with Crippen molar-refractivity contribution in [3.05, 3.63) is 24.3 Å². The average molecular weight is 284 g/mol. The zero-order valence-corrected chi connectivity index (χ0v) is 12.8. The van der Waals surface area contributed by atoms with Crippen LogP contribution in [0, 0.1) is 0 Å². The molecular formula is C13H21N2O3P. The Morgan fingerprint density at radius 1 is 1.42 bits per heavy atom. The summed E-state index contributed by atoms with van der Waals surface area (Å²) in [6.45, 7) is 7.50. The summed E-state index contributed by atoms with van der Waals surface area (Å²) < 4.78 is 18.1. The number of benzene rings is 1. The molecule has 19 heavy (non-hydrogen) atoms. The number of anilines is 2. The number of carbonyl (C=O) groups excluding carboxylic acids is 1.